The Morgan fingerprint density at radius 2 is 2.05 bits per heavy atom. The standard InChI is InChI=1S/C10H7BrF5NO3/c11-2-6-8(20-10(14,15)16)4(1-7(18)19)5(3-17-6)9(12)13/h3,9H,1-2H2,(H,18,19). The number of rotatable bonds is 5. The van der Waals surface area contributed by atoms with E-state index in [0.29, 0.717) is 6.20 Å². The largest absolute Gasteiger partial charge is 0.573 e. The second kappa shape index (κ2) is 6.33. The Balaban J connectivity index is 3.46. The zero-order valence-electron chi connectivity index (χ0n) is 9.55. The van der Waals surface area contributed by atoms with Gasteiger partial charge in [-0.05, 0) is 0 Å². The molecule has 0 atom stereocenters. The lowest BCUT2D eigenvalue weighted by Gasteiger charge is -2.17. The number of carbonyl (C=O) groups is 1. The molecule has 1 heterocycles. The number of aliphatic carboxylic acids is 1. The maximum Gasteiger partial charge on any atom is 0.573 e. The Morgan fingerprint density at radius 3 is 2.45 bits per heavy atom. The Kier molecular flexibility index (Phi) is 5.26. The number of pyridine rings is 1. The van der Waals surface area contributed by atoms with Crippen molar-refractivity contribution in [3.05, 3.63) is 23.0 Å². The van der Waals surface area contributed by atoms with Gasteiger partial charge in [0.15, 0.2) is 5.75 Å². The van der Waals surface area contributed by atoms with Crippen molar-refractivity contribution in [2.45, 2.75) is 24.5 Å². The molecule has 1 N–H and O–H groups in total. The summed E-state index contributed by atoms with van der Waals surface area (Å²) in [4.78, 5) is 14.1. The number of nitrogens with zero attached hydrogens (tertiary/aromatic N) is 1. The van der Waals surface area contributed by atoms with Gasteiger partial charge >= 0.3 is 12.3 Å². The molecular weight excluding hydrogens is 357 g/mol. The molecule has 0 spiro atoms. The van der Waals surface area contributed by atoms with E-state index < -0.39 is 42.1 Å². The predicted molar refractivity (Wildman–Crippen MR) is 59.8 cm³/mol. The van der Waals surface area contributed by atoms with Crippen molar-refractivity contribution >= 4 is 21.9 Å². The van der Waals surface area contributed by atoms with Gasteiger partial charge < -0.3 is 9.84 Å². The molecule has 0 bridgehead atoms. The summed E-state index contributed by atoms with van der Waals surface area (Å²) in [7, 11) is 0. The molecule has 0 unspecified atom stereocenters. The number of hydrogen-bond donors (Lipinski definition) is 1. The molecular formula is C10H7BrF5NO3. The van der Waals surface area contributed by atoms with Crippen molar-refractivity contribution in [3.63, 3.8) is 0 Å². The molecule has 0 saturated heterocycles. The fraction of sp³-hybridized carbons (Fsp3) is 0.400. The molecule has 4 nitrogen and oxygen atoms in total. The molecule has 0 amide bonds. The van der Waals surface area contributed by atoms with Crippen molar-refractivity contribution in [2.24, 2.45) is 0 Å². The Morgan fingerprint density at radius 1 is 1.45 bits per heavy atom. The summed E-state index contributed by atoms with van der Waals surface area (Å²) < 4.78 is 66.1. The molecule has 0 fully saturated rings. The predicted octanol–water partition coefficient (Wildman–Crippen LogP) is 3.44. The van der Waals surface area contributed by atoms with Crippen molar-refractivity contribution in [2.75, 3.05) is 0 Å². The van der Waals surface area contributed by atoms with E-state index in [4.69, 9.17) is 5.11 Å². The van der Waals surface area contributed by atoms with Crippen LogP contribution in [0.15, 0.2) is 6.20 Å². The number of carboxylic acids is 1. The Labute approximate surface area is 117 Å². The zero-order chi connectivity index (χ0) is 15.5. The van der Waals surface area contributed by atoms with E-state index in [9.17, 15) is 26.7 Å². The minimum atomic E-state index is -5.15. The maximum absolute atomic E-state index is 12.7. The van der Waals surface area contributed by atoms with Crippen LogP contribution in [0.5, 0.6) is 5.75 Å². The zero-order valence-corrected chi connectivity index (χ0v) is 11.1. The van der Waals surface area contributed by atoms with Crippen LogP contribution in [-0.4, -0.2) is 22.4 Å². The summed E-state index contributed by atoms with van der Waals surface area (Å²) in [5, 5.41) is 8.43. The van der Waals surface area contributed by atoms with E-state index in [2.05, 4.69) is 25.7 Å². The number of alkyl halides is 6. The molecule has 0 aliphatic carbocycles. The fourth-order valence-electron chi connectivity index (χ4n) is 1.44. The van der Waals surface area contributed by atoms with Gasteiger partial charge in [0, 0.05) is 22.7 Å². The molecule has 112 valence electrons. The lowest BCUT2D eigenvalue weighted by Crippen LogP contribution is -2.21. The van der Waals surface area contributed by atoms with Gasteiger partial charge in [0.1, 0.15) is 0 Å². The fourth-order valence-corrected chi connectivity index (χ4v) is 1.84. The van der Waals surface area contributed by atoms with E-state index in [1.807, 2.05) is 0 Å². The van der Waals surface area contributed by atoms with Gasteiger partial charge in [-0.3, -0.25) is 9.78 Å². The third-order valence-electron chi connectivity index (χ3n) is 2.15. The summed E-state index contributed by atoms with van der Waals surface area (Å²) in [6.45, 7) is 0. The highest BCUT2D eigenvalue weighted by molar-refractivity contribution is 9.08. The number of hydrogen-bond acceptors (Lipinski definition) is 3. The lowest BCUT2D eigenvalue weighted by atomic mass is 10.0. The molecule has 0 aliphatic heterocycles. The topological polar surface area (TPSA) is 59.4 Å². The minimum absolute atomic E-state index is 0.214. The van der Waals surface area contributed by atoms with Gasteiger partial charge in [0.2, 0.25) is 0 Å². The second-order valence-corrected chi connectivity index (χ2v) is 4.08. The lowest BCUT2D eigenvalue weighted by molar-refractivity contribution is -0.275. The van der Waals surface area contributed by atoms with Crippen molar-refractivity contribution in [3.8, 4) is 5.75 Å². The summed E-state index contributed by atoms with van der Waals surface area (Å²) in [6.07, 6.45) is -8.71. The van der Waals surface area contributed by atoms with E-state index in [-0.39, 0.29) is 11.0 Å². The van der Waals surface area contributed by atoms with E-state index in [1.165, 1.54) is 0 Å². The summed E-state index contributed by atoms with van der Waals surface area (Å²) in [6, 6.07) is 0. The Hall–Kier alpha value is -1.45. The van der Waals surface area contributed by atoms with Crippen LogP contribution in [-0.2, 0) is 16.5 Å². The van der Waals surface area contributed by atoms with Gasteiger partial charge in [-0.25, -0.2) is 8.78 Å². The number of aromatic nitrogens is 1. The normalized spacial score (nSPS) is 11.8. The molecule has 0 saturated carbocycles. The quantitative estimate of drug-likeness (QED) is 0.643. The minimum Gasteiger partial charge on any atom is -0.481 e. The van der Waals surface area contributed by atoms with E-state index in [0.717, 1.165) is 0 Å². The van der Waals surface area contributed by atoms with Crippen LogP contribution in [0.4, 0.5) is 22.0 Å². The van der Waals surface area contributed by atoms with Crippen molar-refractivity contribution in [1.82, 2.24) is 4.98 Å². The van der Waals surface area contributed by atoms with Gasteiger partial charge in [0.25, 0.3) is 6.43 Å². The summed E-state index contributed by atoms with van der Waals surface area (Å²) in [5.74, 6) is -2.57. The first-order valence-electron chi connectivity index (χ1n) is 4.98. The maximum atomic E-state index is 12.7. The average Bonchev–Trinajstić information content (AvgIpc) is 2.28. The molecule has 1 rings (SSSR count). The summed E-state index contributed by atoms with van der Waals surface area (Å²) in [5.41, 5.74) is -1.96. The SMILES string of the molecule is O=C(O)Cc1c(C(F)F)cnc(CBr)c1OC(F)(F)F. The van der Waals surface area contributed by atoms with Crippen LogP contribution < -0.4 is 4.74 Å². The van der Waals surface area contributed by atoms with E-state index in [1.54, 1.807) is 0 Å². The van der Waals surface area contributed by atoms with Crippen LogP contribution in [0.25, 0.3) is 0 Å². The van der Waals surface area contributed by atoms with Crippen molar-refractivity contribution in [1.29, 1.82) is 0 Å². The van der Waals surface area contributed by atoms with E-state index >= 15 is 0 Å². The molecule has 20 heavy (non-hydrogen) atoms. The Bertz CT molecular complexity index is 506. The third-order valence-corrected chi connectivity index (χ3v) is 2.68. The van der Waals surface area contributed by atoms with Crippen LogP contribution in [0.3, 0.4) is 0 Å². The molecule has 1 aromatic rings. The van der Waals surface area contributed by atoms with Gasteiger partial charge in [-0.15, -0.1) is 13.2 Å². The van der Waals surface area contributed by atoms with Crippen LogP contribution >= 0.6 is 15.9 Å². The highest BCUT2D eigenvalue weighted by Crippen LogP contribution is 2.36. The third kappa shape index (κ3) is 4.29. The highest BCUT2D eigenvalue weighted by Gasteiger charge is 2.35. The smallest absolute Gasteiger partial charge is 0.481 e. The number of halogens is 6. The highest BCUT2D eigenvalue weighted by atomic mass is 79.9. The first kappa shape index (κ1) is 16.6. The van der Waals surface area contributed by atoms with Gasteiger partial charge in [-0.1, -0.05) is 15.9 Å². The number of ether oxygens (including phenoxy) is 1. The van der Waals surface area contributed by atoms with Crippen LogP contribution in [0.1, 0.15) is 23.2 Å². The summed E-state index contributed by atoms with van der Waals surface area (Å²) >= 11 is 2.83. The average molecular weight is 364 g/mol. The molecule has 10 heteroatoms. The monoisotopic (exact) mass is 363 g/mol. The van der Waals surface area contributed by atoms with Crippen LogP contribution in [0, 0.1) is 0 Å². The molecule has 0 aromatic carbocycles. The second-order valence-electron chi connectivity index (χ2n) is 3.52. The van der Waals surface area contributed by atoms with Crippen molar-refractivity contribution < 1.29 is 36.6 Å². The first-order chi connectivity index (χ1) is 9.15. The molecule has 0 aliphatic rings. The number of carboxylic acid groups (broad SMARTS) is 1. The van der Waals surface area contributed by atoms with Crippen LogP contribution in [0.2, 0.25) is 0 Å². The molecule has 0 radical (unpaired) electrons. The molecule has 1 aromatic heterocycles. The van der Waals surface area contributed by atoms with Gasteiger partial charge in [-0.2, -0.15) is 0 Å². The van der Waals surface area contributed by atoms with Gasteiger partial charge in [0.05, 0.1) is 12.1 Å². The first-order valence-corrected chi connectivity index (χ1v) is 6.10.